The molecule has 0 aliphatic heterocycles. The lowest BCUT2D eigenvalue weighted by atomic mass is 10.00. The van der Waals surface area contributed by atoms with E-state index in [1.807, 2.05) is 0 Å². The fraction of sp³-hybridized carbons (Fsp3) is 0.429. The number of aliphatic carboxylic acids is 1. The van der Waals surface area contributed by atoms with Gasteiger partial charge in [0.15, 0.2) is 0 Å². The number of ether oxygens (including phenoxy) is 1. The maximum atomic E-state index is 11.2. The Kier molecular flexibility index (Phi) is 6.14. The SMILES string of the molecule is CCOC(=O)CC(O)C(O)c1ccc(CC(=O)O)cc1. The molecule has 1 aromatic carbocycles. The van der Waals surface area contributed by atoms with Crippen molar-refractivity contribution >= 4 is 11.9 Å². The molecule has 0 saturated carbocycles. The molecule has 0 aliphatic rings. The summed E-state index contributed by atoms with van der Waals surface area (Å²) in [6.45, 7) is 1.87. The molecule has 1 rings (SSSR count). The summed E-state index contributed by atoms with van der Waals surface area (Å²) < 4.78 is 4.69. The Morgan fingerprint density at radius 3 is 2.30 bits per heavy atom. The molecule has 110 valence electrons. The lowest BCUT2D eigenvalue weighted by Gasteiger charge is -2.17. The number of esters is 1. The first-order valence-corrected chi connectivity index (χ1v) is 6.26. The summed E-state index contributed by atoms with van der Waals surface area (Å²) in [6, 6.07) is 6.17. The Hall–Kier alpha value is -1.92. The number of rotatable bonds is 7. The lowest BCUT2D eigenvalue weighted by molar-refractivity contribution is -0.147. The predicted molar refractivity (Wildman–Crippen MR) is 70.0 cm³/mol. The number of carboxylic acids is 1. The van der Waals surface area contributed by atoms with Crippen LogP contribution in [0.4, 0.5) is 0 Å². The van der Waals surface area contributed by atoms with Crippen LogP contribution in [-0.4, -0.2) is 40.0 Å². The van der Waals surface area contributed by atoms with Crippen molar-refractivity contribution in [2.75, 3.05) is 6.61 Å². The first-order valence-electron chi connectivity index (χ1n) is 6.26. The van der Waals surface area contributed by atoms with Crippen molar-refractivity contribution in [2.24, 2.45) is 0 Å². The van der Waals surface area contributed by atoms with Gasteiger partial charge in [0.1, 0.15) is 6.10 Å². The first-order chi connectivity index (χ1) is 9.43. The van der Waals surface area contributed by atoms with Gasteiger partial charge in [-0.15, -0.1) is 0 Å². The third-order valence-electron chi connectivity index (χ3n) is 2.72. The maximum Gasteiger partial charge on any atom is 0.308 e. The van der Waals surface area contributed by atoms with Gasteiger partial charge in [-0.05, 0) is 18.1 Å². The van der Waals surface area contributed by atoms with Crippen LogP contribution in [0.15, 0.2) is 24.3 Å². The number of hydrogen-bond donors (Lipinski definition) is 3. The van der Waals surface area contributed by atoms with E-state index < -0.39 is 24.1 Å². The standard InChI is InChI=1S/C14H18O6/c1-2-20-13(18)8-11(15)14(19)10-5-3-9(4-6-10)7-12(16)17/h3-6,11,14-15,19H,2,7-8H2,1H3,(H,16,17). The summed E-state index contributed by atoms with van der Waals surface area (Å²) in [6.07, 6.45) is -2.90. The van der Waals surface area contributed by atoms with E-state index in [0.29, 0.717) is 11.1 Å². The smallest absolute Gasteiger partial charge is 0.308 e. The minimum absolute atomic E-state index is 0.109. The average molecular weight is 282 g/mol. The van der Waals surface area contributed by atoms with Crippen molar-refractivity contribution in [1.29, 1.82) is 0 Å². The van der Waals surface area contributed by atoms with E-state index >= 15 is 0 Å². The van der Waals surface area contributed by atoms with E-state index in [1.54, 1.807) is 19.1 Å². The van der Waals surface area contributed by atoms with Crippen LogP contribution in [0.25, 0.3) is 0 Å². The zero-order valence-corrected chi connectivity index (χ0v) is 11.2. The van der Waals surface area contributed by atoms with Gasteiger partial charge in [0.05, 0.1) is 25.6 Å². The molecule has 3 N–H and O–H groups in total. The Morgan fingerprint density at radius 1 is 1.20 bits per heavy atom. The Morgan fingerprint density at radius 2 is 1.80 bits per heavy atom. The Balaban J connectivity index is 2.64. The molecule has 0 radical (unpaired) electrons. The second kappa shape index (κ2) is 7.62. The summed E-state index contributed by atoms with van der Waals surface area (Å²) in [5.74, 6) is -1.53. The third kappa shape index (κ3) is 4.99. The molecular weight excluding hydrogens is 264 g/mol. The second-order valence-corrected chi connectivity index (χ2v) is 4.33. The highest BCUT2D eigenvalue weighted by atomic mass is 16.5. The molecule has 6 nitrogen and oxygen atoms in total. The van der Waals surface area contributed by atoms with Crippen LogP contribution in [0.1, 0.15) is 30.6 Å². The van der Waals surface area contributed by atoms with Crippen LogP contribution < -0.4 is 0 Å². The third-order valence-corrected chi connectivity index (χ3v) is 2.72. The first kappa shape index (κ1) is 16.1. The number of carbonyl (C=O) groups is 2. The molecule has 0 spiro atoms. The molecule has 0 saturated heterocycles. The van der Waals surface area contributed by atoms with E-state index in [0.717, 1.165) is 0 Å². The molecule has 20 heavy (non-hydrogen) atoms. The predicted octanol–water partition coefficient (Wildman–Crippen LogP) is 0.661. The normalized spacial score (nSPS) is 13.6. The zero-order chi connectivity index (χ0) is 15.1. The second-order valence-electron chi connectivity index (χ2n) is 4.33. The van der Waals surface area contributed by atoms with Crippen LogP contribution in [-0.2, 0) is 20.7 Å². The number of carboxylic acid groups (broad SMARTS) is 1. The fourth-order valence-corrected chi connectivity index (χ4v) is 1.73. The zero-order valence-electron chi connectivity index (χ0n) is 11.2. The number of hydrogen-bond acceptors (Lipinski definition) is 5. The van der Waals surface area contributed by atoms with Crippen LogP contribution in [0.5, 0.6) is 0 Å². The summed E-state index contributed by atoms with van der Waals surface area (Å²) in [5.41, 5.74) is 1.00. The van der Waals surface area contributed by atoms with E-state index in [4.69, 9.17) is 5.11 Å². The topological polar surface area (TPSA) is 104 Å². The van der Waals surface area contributed by atoms with E-state index in [2.05, 4.69) is 4.74 Å². The van der Waals surface area contributed by atoms with Gasteiger partial charge < -0.3 is 20.1 Å². The summed E-state index contributed by atoms with van der Waals surface area (Å²) in [4.78, 5) is 21.7. The van der Waals surface area contributed by atoms with Gasteiger partial charge in [0.2, 0.25) is 0 Å². The van der Waals surface area contributed by atoms with Gasteiger partial charge in [-0.1, -0.05) is 24.3 Å². The largest absolute Gasteiger partial charge is 0.481 e. The number of aliphatic hydroxyl groups excluding tert-OH is 2. The van der Waals surface area contributed by atoms with Crippen LogP contribution in [0.2, 0.25) is 0 Å². The highest BCUT2D eigenvalue weighted by Gasteiger charge is 2.22. The Labute approximate surface area is 116 Å². The molecule has 0 amide bonds. The van der Waals surface area contributed by atoms with Gasteiger partial charge in [-0.2, -0.15) is 0 Å². The summed E-state index contributed by atoms with van der Waals surface area (Å²) in [7, 11) is 0. The van der Waals surface area contributed by atoms with Crippen molar-refractivity contribution in [3.63, 3.8) is 0 Å². The van der Waals surface area contributed by atoms with Gasteiger partial charge in [0.25, 0.3) is 0 Å². The molecular formula is C14H18O6. The summed E-state index contributed by atoms with van der Waals surface area (Å²) >= 11 is 0. The van der Waals surface area contributed by atoms with Crippen molar-refractivity contribution in [3.05, 3.63) is 35.4 Å². The highest BCUT2D eigenvalue weighted by Crippen LogP contribution is 2.20. The van der Waals surface area contributed by atoms with Crippen molar-refractivity contribution in [2.45, 2.75) is 32.0 Å². The van der Waals surface area contributed by atoms with E-state index in [-0.39, 0.29) is 19.4 Å². The Bertz CT molecular complexity index is 453. The fourth-order valence-electron chi connectivity index (χ4n) is 1.73. The number of benzene rings is 1. The van der Waals surface area contributed by atoms with Crippen LogP contribution in [0.3, 0.4) is 0 Å². The van der Waals surface area contributed by atoms with E-state index in [9.17, 15) is 19.8 Å². The summed E-state index contributed by atoms with van der Waals surface area (Å²) in [5, 5.41) is 28.3. The quantitative estimate of drug-likeness (QED) is 0.635. The van der Waals surface area contributed by atoms with Crippen molar-refractivity contribution in [1.82, 2.24) is 0 Å². The van der Waals surface area contributed by atoms with Gasteiger partial charge in [-0.25, -0.2) is 0 Å². The lowest BCUT2D eigenvalue weighted by Crippen LogP contribution is -2.23. The van der Waals surface area contributed by atoms with Gasteiger partial charge >= 0.3 is 11.9 Å². The molecule has 1 aromatic rings. The van der Waals surface area contributed by atoms with Crippen LogP contribution >= 0.6 is 0 Å². The number of carbonyl (C=O) groups excluding carboxylic acids is 1. The molecule has 0 aliphatic carbocycles. The van der Waals surface area contributed by atoms with Crippen molar-refractivity contribution < 1.29 is 29.6 Å². The van der Waals surface area contributed by atoms with Crippen molar-refractivity contribution in [3.8, 4) is 0 Å². The number of aliphatic hydroxyl groups is 2. The maximum absolute atomic E-state index is 11.2. The molecule has 6 heteroatoms. The minimum atomic E-state index is -1.26. The minimum Gasteiger partial charge on any atom is -0.481 e. The molecule has 0 fully saturated rings. The highest BCUT2D eigenvalue weighted by molar-refractivity contribution is 5.70. The van der Waals surface area contributed by atoms with Gasteiger partial charge in [-0.3, -0.25) is 9.59 Å². The average Bonchev–Trinajstić information content (AvgIpc) is 2.38. The van der Waals surface area contributed by atoms with Crippen LogP contribution in [0, 0.1) is 0 Å². The molecule has 2 unspecified atom stereocenters. The monoisotopic (exact) mass is 282 g/mol. The van der Waals surface area contributed by atoms with Gasteiger partial charge in [0, 0.05) is 0 Å². The molecule has 0 heterocycles. The van der Waals surface area contributed by atoms with E-state index in [1.165, 1.54) is 12.1 Å². The molecule has 0 aromatic heterocycles. The molecule has 2 atom stereocenters. The molecule has 0 bridgehead atoms.